The summed E-state index contributed by atoms with van der Waals surface area (Å²) in [6, 6.07) is 22.1. The Morgan fingerprint density at radius 1 is 0.973 bits per heavy atom. The van der Waals surface area contributed by atoms with Crippen molar-refractivity contribution in [3.05, 3.63) is 101 Å². The van der Waals surface area contributed by atoms with Crippen molar-refractivity contribution >= 4 is 33.4 Å². The summed E-state index contributed by atoms with van der Waals surface area (Å²) < 4.78 is 30.4. The van der Waals surface area contributed by atoms with Crippen molar-refractivity contribution in [2.24, 2.45) is 0 Å². The van der Waals surface area contributed by atoms with Gasteiger partial charge in [-0.3, -0.25) is 9.59 Å². The van der Waals surface area contributed by atoms with Gasteiger partial charge in [-0.1, -0.05) is 72.3 Å². The van der Waals surface area contributed by atoms with Crippen LogP contribution in [-0.2, 0) is 32.7 Å². The van der Waals surface area contributed by atoms with Crippen LogP contribution in [0.2, 0.25) is 5.02 Å². The molecule has 1 atom stereocenters. The third kappa shape index (κ3) is 7.79. The molecule has 0 aromatic heterocycles. The fraction of sp³-hybridized carbons (Fsp3) is 0.259. The highest BCUT2D eigenvalue weighted by Crippen LogP contribution is 2.26. The van der Waals surface area contributed by atoms with Crippen molar-refractivity contribution in [2.75, 3.05) is 27.0 Å². The van der Waals surface area contributed by atoms with E-state index in [1.165, 1.54) is 11.9 Å². The largest absolute Gasteiger partial charge is 0.496 e. The lowest BCUT2D eigenvalue weighted by Gasteiger charge is -2.32. The number of hydrogen-bond acceptors (Lipinski definition) is 5. The van der Waals surface area contributed by atoms with E-state index in [0.29, 0.717) is 16.3 Å². The third-order valence-corrected chi connectivity index (χ3v) is 7.34. The van der Waals surface area contributed by atoms with Crippen LogP contribution < -0.4 is 10.1 Å². The molecular weight excluding hydrogens is 514 g/mol. The van der Waals surface area contributed by atoms with E-state index < -0.39 is 34.4 Å². The molecule has 0 bridgehead atoms. The molecule has 0 saturated heterocycles. The van der Waals surface area contributed by atoms with Gasteiger partial charge in [0.05, 0.1) is 19.9 Å². The minimum absolute atomic E-state index is 0.0647. The molecule has 3 aromatic rings. The number of sulfonamides is 1. The van der Waals surface area contributed by atoms with E-state index in [-0.39, 0.29) is 13.1 Å². The molecule has 196 valence electrons. The van der Waals surface area contributed by atoms with Gasteiger partial charge in [0.2, 0.25) is 21.8 Å². The number of rotatable bonds is 11. The van der Waals surface area contributed by atoms with Gasteiger partial charge in [0.15, 0.2) is 0 Å². The van der Waals surface area contributed by atoms with Crippen LogP contribution in [0.4, 0.5) is 0 Å². The van der Waals surface area contributed by atoms with E-state index in [1.54, 1.807) is 61.7 Å². The quantitative estimate of drug-likeness (QED) is 0.398. The lowest BCUT2D eigenvalue weighted by Crippen LogP contribution is -2.47. The lowest BCUT2D eigenvalue weighted by molar-refractivity contribution is -0.141. The van der Waals surface area contributed by atoms with E-state index in [9.17, 15) is 18.0 Å². The van der Waals surface area contributed by atoms with Crippen LogP contribution in [-0.4, -0.2) is 56.4 Å². The second-order valence-corrected chi connectivity index (χ2v) is 11.0. The topological polar surface area (TPSA) is 96.0 Å². The maximum absolute atomic E-state index is 13.7. The summed E-state index contributed by atoms with van der Waals surface area (Å²) in [5.41, 5.74) is 2.10. The van der Waals surface area contributed by atoms with Gasteiger partial charge < -0.3 is 15.0 Å². The molecule has 0 saturated carbocycles. The SMILES string of the molecule is COc1ccccc1CNC(=O)[C@@H](c1ccccc1)N(Cc1ccc(Cl)cc1)C(=O)CN(C)S(C)(=O)=O. The molecule has 0 aliphatic carbocycles. The minimum atomic E-state index is -3.62. The van der Waals surface area contributed by atoms with Crippen LogP contribution in [0.1, 0.15) is 22.7 Å². The maximum atomic E-state index is 13.7. The van der Waals surface area contributed by atoms with Crippen molar-refractivity contribution in [2.45, 2.75) is 19.1 Å². The summed E-state index contributed by atoms with van der Waals surface area (Å²) >= 11 is 6.03. The van der Waals surface area contributed by atoms with Crippen molar-refractivity contribution in [3.63, 3.8) is 0 Å². The normalized spacial score (nSPS) is 12.1. The second kappa shape index (κ2) is 12.7. The van der Waals surface area contributed by atoms with Crippen molar-refractivity contribution in [1.82, 2.24) is 14.5 Å². The highest BCUT2D eigenvalue weighted by Gasteiger charge is 2.33. The van der Waals surface area contributed by atoms with Crippen LogP contribution >= 0.6 is 11.6 Å². The van der Waals surface area contributed by atoms with Crippen LogP contribution in [0.5, 0.6) is 5.75 Å². The zero-order valence-electron chi connectivity index (χ0n) is 20.9. The van der Waals surface area contributed by atoms with Gasteiger partial charge in [-0.25, -0.2) is 8.42 Å². The van der Waals surface area contributed by atoms with E-state index >= 15 is 0 Å². The zero-order chi connectivity index (χ0) is 27.0. The average Bonchev–Trinajstić information content (AvgIpc) is 2.88. The Labute approximate surface area is 222 Å². The van der Waals surface area contributed by atoms with Gasteiger partial charge in [-0.2, -0.15) is 4.31 Å². The minimum Gasteiger partial charge on any atom is -0.496 e. The number of benzene rings is 3. The Kier molecular flexibility index (Phi) is 9.68. The Morgan fingerprint density at radius 2 is 1.59 bits per heavy atom. The molecule has 0 aliphatic heterocycles. The summed E-state index contributed by atoms with van der Waals surface area (Å²) in [5.74, 6) is -0.312. The molecule has 0 radical (unpaired) electrons. The smallest absolute Gasteiger partial charge is 0.247 e. The lowest BCUT2D eigenvalue weighted by atomic mass is 10.0. The van der Waals surface area contributed by atoms with E-state index in [1.807, 2.05) is 24.3 Å². The standard InChI is InChI=1S/C27H30ClN3O5S/c1-30(37(3,34)35)19-25(32)31(18-20-13-15-23(28)16-14-20)26(21-9-5-4-6-10-21)27(33)29-17-22-11-7-8-12-24(22)36-2/h4-16,26H,17-19H2,1-3H3,(H,29,33)/t26-/m1/s1. The molecule has 3 aromatic carbocycles. The maximum Gasteiger partial charge on any atom is 0.247 e. The predicted octanol–water partition coefficient (Wildman–Crippen LogP) is 3.63. The first-order valence-electron chi connectivity index (χ1n) is 11.5. The van der Waals surface area contributed by atoms with E-state index in [2.05, 4.69) is 5.32 Å². The molecule has 0 spiro atoms. The molecule has 0 unspecified atom stereocenters. The number of carbonyl (C=O) groups is 2. The molecular formula is C27H30ClN3O5S. The van der Waals surface area contributed by atoms with Crippen molar-refractivity contribution in [3.8, 4) is 5.75 Å². The number of amides is 2. The third-order valence-electron chi connectivity index (χ3n) is 5.83. The first kappa shape index (κ1) is 28.2. The average molecular weight is 544 g/mol. The molecule has 8 nitrogen and oxygen atoms in total. The van der Waals surface area contributed by atoms with Crippen LogP contribution in [0, 0.1) is 0 Å². The molecule has 37 heavy (non-hydrogen) atoms. The summed E-state index contributed by atoms with van der Waals surface area (Å²) in [6.45, 7) is -0.177. The van der Waals surface area contributed by atoms with Crippen LogP contribution in [0.15, 0.2) is 78.9 Å². The number of nitrogens with zero attached hydrogens (tertiary/aromatic N) is 2. The molecule has 1 N–H and O–H groups in total. The number of hydrogen-bond donors (Lipinski definition) is 1. The summed E-state index contributed by atoms with van der Waals surface area (Å²) in [4.78, 5) is 28.6. The van der Waals surface area contributed by atoms with Crippen molar-refractivity contribution < 1.29 is 22.7 Å². The number of nitrogens with one attached hydrogen (secondary N) is 1. The van der Waals surface area contributed by atoms with Crippen LogP contribution in [0.25, 0.3) is 0 Å². The number of carbonyl (C=O) groups excluding carboxylic acids is 2. The van der Waals surface area contributed by atoms with Crippen LogP contribution in [0.3, 0.4) is 0 Å². The van der Waals surface area contributed by atoms with Crippen molar-refractivity contribution in [1.29, 1.82) is 0 Å². The fourth-order valence-electron chi connectivity index (χ4n) is 3.74. The van der Waals surface area contributed by atoms with E-state index in [4.69, 9.17) is 16.3 Å². The Morgan fingerprint density at radius 3 is 2.22 bits per heavy atom. The predicted molar refractivity (Wildman–Crippen MR) is 143 cm³/mol. The summed E-state index contributed by atoms with van der Waals surface area (Å²) in [6.07, 6.45) is 1.03. The second-order valence-electron chi connectivity index (χ2n) is 8.51. The highest BCUT2D eigenvalue weighted by atomic mass is 35.5. The van der Waals surface area contributed by atoms with Gasteiger partial charge in [-0.05, 0) is 29.3 Å². The molecule has 10 heteroatoms. The molecule has 0 fully saturated rings. The van der Waals surface area contributed by atoms with Gasteiger partial charge in [0.25, 0.3) is 0 Å². The number of likely N-dealkylation sites (N-methyl/N-ethyl adjacent to an activating group) is 1. The highest BCUT2D eigenvalue weighted by molar-refractivity contribution is 7.88. The molecule has 3 rings (SSSR count). The van der Waals surface area contributed by atoms with Gasteiger partial charge >= 0.3 is 0 Å². The first-order chi connectivity index (χ1) is 17.6. The van der Waals surface area contributed by atoms with Gasteiger partial charge in [0, 0.05) is 30.7 Å². The Bertz CT molecular complexity index is 1320. The van der Waals surface area contributed by atoms with E-state index in [0.717, 1.165) is 21.7 Å². The molecule has 2 amide bonds. The molecule has 0 aliphatic rings. The first-order valence-corrected chi connectivity index (χ1v) is 13.7. The number of methoxy groups -OCH3 is 1. The summed E-state index contributed by atoms with van der Waals surface area (Å²) in [7, 11) is -0.740. The Balaban J connectivity index is 1.98. The summed E-state index contributed by atoms with van der Waals surface area (Å²) in [5, 5.41) is 3.46. The number of para-hydroxylation sites is 1. The number of halogens is 1. The fourth-order valence-corrected chi connectivity index (χ4v) is 4.22. The number of ether oxygens (including phenoxy) is 1. The van der Waals surface area contributed by atoms with Gasteiger partial charge in [-0.15, -0.1) is 0 Å². The monoisotopic (exact) mass is 543 g/mol. The van der Waals surface area contributed by atoms with Gasteiger partial charge in [0.1, 0.15) is 11.8 Å². The Hall–Kier alpha value is -3.40. The zero-order valence-corrected chi connectivity index (χ0v) is 22.5. The molecule has 0 heterocycles.